The zero-order valence-electron chi connectivity index (χ0n) is 27.5. The number of anilines is 2. The number of aryl methyl sites for hydroxylation is 2. The summed E-state index contributed by atoms with van der Waals surface area (Å²) in [6.45, 7) is 21.1. The Hall–Kier alpha value is -3.97. The van der Waals surface area contributed by atoms with Crippen LogP contribution < -0.4 is 10.6 Å². The van der Waals surface area contributed by atoms with Crippen LogP contribution in [-0.2, 0) is 13.6 Å². The molecule has 0 unspecified atom stereocenters. The van der Waals surface area contributed by atoms with Crippen molar-refractivity contribution in [2.75, 3.05) is 17.7 Å². The number of allylic oxidation sites excluding steroid dienone is 3. The van der Waals surface area contributed by atoms with Gasteiger partial charge in [0.2, 0.25) is 0 Å². The molecule has 0 aliphatic rings. The van der Waals surface area contributed by atoms with Crippen molar-refractivity contribution >= 4 is 23.2 Å². The van der Waals surface area contributed by atoms with Crippen LogP contribution in [0.4, 0.5) is 15.8 Å². The molecule has 0 saturated carbocycles. The second kappa shape index (κ2) is 17.9. The third-order valence-corrected chi connectivity index (χ3v) is 7.34. The van der Waals surface area contributed by atoms with Gasteiger partial charge < -0.3 is 10.6 Å². The summed E-state index contributed by atoms with van der Waals surface area (Å²) in [5.41, 5.74) is 8.00. The minimum absolute atomic E-state index is 0.211. The van der Waals surface area contributed by atoms with Crippen molar-refractivity contribution in [2.24, 2.45) is 12.0 Å². The molecule has 0 bridgehead atoms. The Balaban J connectivity index is 0.000000329. The monoisotopic (exact) mass is 586 g/mol. The molecular formula is C36H51FN6. The Bertz CT molecular complexity index is 1380. The van der Waals surface area contributed by atoms with E-state index in [9.17, 15) is 4.39 Å². The first kappa shape index (κ1) is 35.2. The number of rotatable bonds is 14. The van der Waals surface area contributed by atoms with Gasteiger partial charge in [0.1, 0.15) is 11.6 Å². The topological polar surface area (TPSA) is 57.5 Å². The molecule has 0 aliphatic heterocycles. The van der Waals surface area contributed by atoms with Gasteiger partial charge in [-0.05, 0) is 95.1 Å². The Morgan fingerprint density at radius 2 is 1.65 bits per heavy atom. The Kier molecular flexibility index (Phi) is 14.6. The highest BCUT2D eigenvalue weighted by atomic mass is 19.1. The quantitative estimate of drug-likeness (QED) is 0.185. The van der Waals surface area contributed by atoms with E-state index in [-0.39, 0.29) is 5.82 Å². The lowest BCUT2D eigenvalue weighted by atomic mass is 10.0. The van der Waals surface area contributed by atoms with Crippen LogP contribution in [0.25, 0.3) is 5.57 Å². The van der Waals surface area contributed by atoms with Gasteiger partial charge in [0.05, 0.1) is 6.20 Å². The van der Waals surface area contributed by atoms with Crippen molar-refractivity contribution in [2.45, 2.75) is 79.8 Å². The molecule has 0 fully saturated rings. The molecule has 0 spiro atoms. The van der Waals surface area contributed by atoms with E-state index in [1.54, 1.807) is 25.3 Å². The first-order valence-electron chi connectivity index (χ1n) is 15.1. The van der Waals surface area contributed by atoms with Crippen LogP contribution in [0.5, 0.6) is 0 Å². The number of nitrogens with zero attached hydrogens (tertiary/aromatic N) is 4. The van der Waals surface area contributed by atoms with Gasteiger partial charge in [-0.25, -0.2) is 9.38 Å². The first-order valence-corrected chi connectivity index (χ1v) is 15.1. The normalized spacial score (nSPS) is 11.6. The molecule has 0 saturated heterocycles. The number of nitrogens with one attached hydrogen (secondary N) is 2. The molecule has 1 aromatic heterocycles. The van der Waals surface area contributed by atoms with Crippen LogP contribution in [-0.4, -0.2) is 34.0 Å². The molecule has 7 heteroatoms. The maximum Gasteiger partial charge on any atom is 0.126 e. The lowest BCUT2D eigenvalue weighted by Crippen LogP contribution is -2.31. The van der Waals surface area contributed by atoms with Gasteiger partial charge in [0.15, 0.2) is 0 Å². The van der Waals surface area contributed by atoms with Crippen molar-refractivity contribution in [3.05, 3.63) is 108 Å². The standard InChI is InChI=1S/C22H24FN3.C14H27N3/c1-15(2)19-6-8-20(9-7-19)26-18(5)24-13-12-17(4)25-21-10-11-22(23)16(3)14-21;1-6-8-14(9-7-2)16(4)11-13-10-15-17(5)12(13)3/h6-14,25-26H,1,5H2,2-4H3;10,14H,6-9,11H2,1-5H3/b17-12+,24-13-;. The highest BCUT2D eigenvalue weighted by Crippen LogP contribution is 2.18. The van der Waals surface area contributed by atoms with Crippen molar-refractivity contribution in [1.29, 1.82) is 0 Å². The smallest absolute Gasteiger partial charge is 0.126 e. The van der Waals surface area contributed by atoms with Crippen molar-refractivity contribution in [3.8, 4) is 0 Å². The van der Waals surface area contributed by atoms with E-state index in [0.717, 1.165) is 34.8 Å². The van der Waals surface area contributed by atoms with Gasteiger partial charge >= 0.3 is 0 Å². The van der Waals surface area contributed by atoms with Crippen molar-refractivity contribution in [1.82, 2.24) is 14.7 Å². The lowest BCUT2D eigenvalue weighted by Gasteiger charge is -2.27. The minimum Gasteiger partial charge on any atom is -0.359 e. The number of hydrogen-bond donors (Lipinski definition) is 2. The fourth-order valence-electron chi connectivity index (χ4n) is 4.62. The molecular weight excluding hydrogens is 535 g/mol. The molecule has 1 heterocycles. The average Bonchev–Trinajstić information content (AvgIpc) is 3.27. The number of halogens is 1. The lowest BCUT2D eigenvalue weighted by molar-refractivity contribution is 0.208. The summed E-state index contributed by atoms with van der Waals surface area (Å²) in [4.78, 5) is 6.75. The molecule has 232 valence electrons. The minimum atomic E-state index is -0.211. The van der Waals surface area contributed by atoms with Gasteiger partial charge in [-0.1, -0.05) is 57.6 Å². The molecule has 0 radical (unpaired) electrons. The van der Waals surface area contributed by atoms with E-state index in [0.29, 0.717) is 17.4 Å². The van der Waals surface area contributed by atoms with Crippen LogP contribution in [0.3, 0.4) is 0 Å². The van der Waals surface area contributed by atoms with Crippen LogP contribution >= 0.6 is 0 Å². The average molecular weight is 587 g/mol. The van der Waals surface area contributed by atoms with Crippen molar-refractivity contribution < 1.29 is 4.39 Å². The summed E-state index contributed by atoms with van der Waals surface area (Å²) in [6.07, 6.45) is 10.6. The summed E-state index contributed by atoms with van der Waals surface area (Å²) >= 11 is 0. The van der Waals surface area contributed by atoms with E-state index in [1.165, 1.54) is 43.0 Å². The number of aliphatic imine (C=N–C) groups is 1. The maximum atomic E-state index is 13.3. The third kappa shape index (κ3) is 12.0. The molecule has 3 aromatic rings. The summed E-state index contributed by atoms with van der Waals surface area (Å²) < 4.78 is 15.2. The zero-order valence-corrected chi connectivity index (χ0v) is 27.5. The van der Waals surface area contributed by atoms with Gasteiger partial charge in [-0.3, -0.25) is 9.58 Å². The molecule has 2 N–H and O–H groups in total. The van der Waals surface area contributed by atoms with E-state index in [2.05, 4.69) is 66.6 Å². The Morgan fingerprint density at radius 3 is 2.19 bits per heavy atom. The Morgan fingerprint density at radius 1 is 1.02 bits per heavy atom. The highest BCUT2D eigenvalue weighted by molar-refractivity contribution is 5.75. The number of benzene rings is 2. The maximum absolute atomic E-state index is 13.3. The zero-order chi connectivity index (χ0) is 31.9. The molecule has 0 amide bonds. The largest absolute Gasteiger partial charge is 0.359 e. The third-order valence-electron chi connectivity index (χ3n) is 7.34. The van der Waals surface area contributed by atoms with Crippen LogP contribution in [0, 0.1) is 19.7 Å². The SMILES string of the molecule is C=C(/N=C\C=C(/C)Nc1ccc(F)c(C)c1)Nc1ccc(C(=C)C)cc1.CCCC(CCC)N(C)Cc1cnn(C)c1C. The molecule has 3 rings (SSSR count). The first-order chi connectivity index (χ1) is 20.4. The summed E-state index contributed by atoms with van der Waals surface area (Å²) in [5, 5.41) is 10.6. The van der Waals surface area contributed by atoms with Gasteiger partial charge in [-0.2, -0.15) is 5.10 Å². The van der Waals surface area contributed by atoms with E-state index >= 15 is 0 Å². The van der Waals surface area contributed by atoms with Crippen LogP contribution in [0.15, 0.2) is 84.4 Å². The fraction of sp³-hybridized carbons (Fsp3) is 0.389. The predicted molar refractivity (Wildman–Crippen MR) is 184 cm³/mol. The number of hydrogen-bond acceptors (Lipinski definition) is 5. The van der Waals surface area contributed by atoms with E-state index < -0.39 is 0 Å². The van der Waals surface area contributed by atoms with Gasteiger partial charge in [0.25, 0.3) is 0 Å². The van der Waals surface area contributed by atoms with Gasteiger partial charge in [-0.15, -0.1) is 0 Å². The second-order valence-corrected chi connectivity index (χ2v) is 11.2. The summed E-state index contributed by atoms with van der Waals surface area (Å²) in [7, 11) is 4.25. The summed E-state index contributed by atoms with van der Waals surface area (Å²) in [5.74, 6) is 0.326. The van der Waals surface area contributed by atoms with Crippen molar-refractivity contribution in [3.63, 3.8) is 0 Å². The van der Waals surface area contributed by atoms with E-state index in [1.807, 2.05) is 62.1 Å². The molecule has 43 heavy (non-hydrogen) atoms. The molecule has 6 nitrogen and oxygen atoms in total. The van der Waals surface area contributed by atoms with Gasteiger partial charge in [0, 0.05) is 54.2 Å². The van der Waals surface area contributed by atoms with E-state index in [4.69, 9.17) is 0 Å². The highest BCUT2D eigenvalue weighted by Gasteiger charge is 2.15. The predicted octanol–water partition coefficient (Wildman–Crippen LogP) is 9.27. The molecule has 0 aliphatic carbocycles. The fourth-order valence-corrected chi connectivity index (χ4v) is 4.62. The second-order valence-electron chi connectivity index (χ2n) is 11.2. The van der Waals surface area contributed by atoms with Crippen LogP contribution in [0.2, 0.25) is 0 Å². The molecule has 0 atom stereocenters. The summed E-state index contributed by atoms with van der Waals surface area (Å²) in [6, 6.07) is 13.5. The Labute approximate surface area is 259 Å². The van der Waals surface area contributed by atoms with Crippen LogP contribution in [0.1, 0.15) is 75.8 Å². The molecule has 2 aromatic carbocycles. The number of aromatic nitrogens is 2.